The third kappa shape index (κ3) is 5.01. The monoisotopic (exact) mass is 398 g/mol. The molecule has 0 unspecified atom stereocenters. The van der Waals surface area contributed by atoms with Crippen LogP contribution in [0.3, 0.4) is 0 Å². The van der Waals surface area contributed by atoms with Crippen LogP contribution in [0.15, 0.2) is 42.5 Å². The lowest BCUT2D eigenvalue weighted by molar-refractivity contribution is -0.117. The Morgan fingerprint density at radius 1 is 1.00 bits per heavy atom. The highest BCUT2D eigenvalue weighted by atomic mass is 16.5. The van der Waals surface area contributed by atoms with Crippen molar-refractivity contribution >= 4 is 11.6 Å². The number of hydrogen-bond acceptors (Lipinski definition) is 5. The number of amides is 1. The number of likely N-dealkylation sites (tertiary alicyclic amines) is 1. The Balaban J connectivity index is 1.66. The highest BCUT2D eigenvalue weighted by Gasteiger charge is 2.28. The van der Waals surface area contributed by atoms with Crippen molar-refractivity contribution in [1.82, 2.24) is 4.90 Å². The first-order valence-corrected chi connectivity index (χ1v) is 9.92. The van der Waals surface area contributed by atoms with Crippen LogP contribution in [0, 0.1) is 0 Å². The number of benzene rings is 2. The van der Waals surface area contributed by atoms with Crippen molar-refractivity contribution in [3.05, 3.63) is 48.0 Å². The van der Waals surface area contributed by atoms with E-state index in [4.69, 9.17) is 14.2 Å². The second kappa shape index (κ2) is 9.65. The molecule has 0 aliphatic carbocycles. The molecule has 2 aromatic rings. The van der Waals surface area contributed by atoms with Crippen LogP contribution in [0.4, 0.5) is 5.69 Å². The van der Waals surface area contributed by atoms with Gasteiger partial charge in [0.15, 0.2) is 0 Å². The minimum Gasteiger partial charge on any atom is -0.497 e. The van der Waals surface area contributed by atoms with E-state index in [2.05, 4.69) is 11.0 Å². The summed E-state index contributed by atoms with van der Waals surface area (Å²) in [5.74, 6) is 2.46. The van der Waals surface area contributed by atoms with Gasteiger partial charge in [-0.2, -0.15) is 0 Å². The number of ether oxygens (including phenoxy) is 3. The molecule has 29 heavy (non-hydrogen) atoms. The lowest BCUT2D eigenvalue weighted by Crippen LogP contribution is -2.46. The molecule has 0 atom stereocenters. The molecule has 1 heterocycles. The molecule has 0 spiro atoms. The average molecular weight is 399 g/mol. The summed E-state index contributed by atoms with van der Waals surface area (Å²) in [6.45, 7) is 4.30. The van der Waals surface area contributed by atoms with Crippen molar-refractivity contribution in [2.24, 2.45) is 0 Å². The molecule has 3 rings (SSSR count). The molecule has 156 valence electrons. The van der Waals surface area contributed by atoms with Gasteiger partial charge in [-0.3, -0.25) is 9.69 Å². The summed E-state index contributed by atoms with van der Waals surface area (Å²) in [4.78, 5) is 16.7. The Labute approximate surface area is 173 Å². The maximum atomic E-state index is 12.4. The number of anilines is 1. The number of hydrogen-bond donors (Lipinski definition) is 0. The van der Waals surface area contributed by atoms with E-state index in [9.17, 15) is 4.79 Å². The van der Waals surface area contributed by atoms with E-state index >= 15 is 0 Å². The Hall–Kier alpha value is -2.73. The smallest absolute Gasteiger partial charge is 0.224 e. The minimum atomic E-state index is 0.0635. The van der Waals surface area contributed by atoms with Gasteiger partial charge in [0, 0.05) is 56.0 Å². The Morgan fingerprint density at radius 3 is 2.31 bits per heavy atom. The lowest BCUT2D eigenvalue weighted by atomic mass is 10.0. The van der Waals surface area contributed by atoms with E-state index in [1.54, 1.807) is 28.3 Å². The van der Waals surface area contributed by atoms with Gasteiger partial charge in [-0.05, 0) is 31.0 Å². The van der Waals surface area contributed by atoms with E-state index in [1.165, 1.54) is 0 Å². The molecule has 0 bridgehead atoms. The van der Waals surface area contributed by atoms with Gasteiger partial charge in [-0.25, -0.2) is 0 Å². The van der Waals surface area contributed by atoms with Gasteiger partial charge in [0.25, 0.3) is 0 Å². The quantitative estimate of drug-likeness (QED) is 0.711. The average Bonchev–Trinajstić information content (AvgIpc) is 2.75. The third-order valence-corrected chi connectivity index (χ3v) is 5.48. The summed E-state index contributed by atoms with van der Waals surface area (Å²) < 4.78 is 16.1. The van der Waals surface area contributed by atoms with E-state index in [1.807, 2.05) is 41.3 Å². The Morgan fingerprint density at radius 2 is 1.69 bits per heavy atom. The highest BCUT2D eigenvalue weighted by Crippen LogP contribution is 2.29. The summed E-state index contributed by atoms with van der Waals surface area (Å²) in [5, 5.41) is 0. The van der Waals surface area contributed by atoms with Gasteiger partial charge in [0.1, 0.15) is 17.2 Å². The van der Waals surface area contributed by atoms with Gasteiger partial charge in [-0.1, -0.05) is 12.1 Å². The predicted octanol–water partition coefficient (Wildman–Crippen LogP) is 3.73. The van der Waals surface area contributed by atoms with E-state index in [0.29, 0.717) is 0 Å². The summed E-state index contributed by atoms with van der Waals surface area (Å²) >= 11 is 0. The normalized spacial score (nSPS) is 15.0. The summed E-state index contributed by atoms with van der Waals surface area (Å²) in [7, 11) is 4.98. The van der Waals surface area contributed by atoms with Gasteiger partial charge < -0.3 is 19.1 Å². The van der Waals surface area contributed by atoms with E-state index in [-0.39, 0.29) is 11.9 Å². The van der Waals surface area contributed by atoms with Crippen molar-refractivity contribution in [2.45, 2.75) is 32.4 Å². The fourth-order valence-corrected chi connectivity index (χ4v) is 3.97. The molecular weight excluding hydrogens is 368 g/mol. The second-order valence-electron chi connectivity index (χ2n) is 7.28. The van der Waals surface area contributed by atoms with Gasteiger partial charge >= 0.3 is 0 Å². The first-order valence-electron chi connectivity index (χ1n) is 9.92. The Bertz CT molecular complexity index is 831. The van der Waals surface area contributed by atoms with Crippen LogP contribution < -0.4 is 19.1 Å². The van der Waals surface area contributed by atoms with E-state index < -0.39 is 0 Å². The fraction of sp³-hybridized carbons (Fsp3) is 0.435. The van der Waals surface area contributed by atoms with Crippen LogP contribution in [0.25, 0.3) is 0 Å². The van der Waals surface area contributed by atoms with Crippen LogP contribution in [-0.4, -0.2) is 51.3 Å². The van der Waals surface area contributed by atoms with Crippen molar-refractivity contribution < 1.29 is 19.0 Å². The number of methoxy groups -OCH3 is 3. The lowest BCUT2D eigenvalue weighted by Gasteiger charge is -2.38. The minimum absolute atomic E-state index is 0.0635. The zero-order valence-corrected chi connectivity index (χ0v) is 17.7. The highest BCUT2D eigenvalue weighted by molar-refractivity contribution is 5.92. The van der Waals surface area contributed by atoms with Gasteiger partial charge in [0.05, 0.1) is 21.3 Å². The summed E-state index contributed by atoms with van der Waals surface area (Å²) in [6, 6.07) is 13.8. The number of rotatable bonds is 7. The number of nitrogens with zero attached hydrogens (tertiary/aromatic N) is 2. The molecule has 0 N–H and O–H groups in total. The molecule has 0 radical (unpaired) electrons. The van der Waals surface area contributed by atoms with Crippen molar-refractivity contribution in [2.75, 3.05) is 39.3 Å². The molecule has 2 aromatic carbocycles. The number of piperidine rings is 1. The van der Waals surface area contributed by atoms with Crippen LogP contribution >= 0.6 is 0 Å². The first kappa shape index (κ1) is 21.0. The molecule has 1 amide bonds. The zero-order valence-electron chi connectivity index (χ0n) is 17.7. The van der Waals surface area contributed by atoms with E-state index in [0.717, 1.165) is 61.0 Å². The third-order valence-electron chi connectivity index (χ3n) is 5.48. The van der Waals surface area contributed by atoms with Crippen molar-refractivity contribution in [1.29, 1.82) is 0 Å². The predicted molar refractivity (Wildman–Crippen MR) is 114 cm³/mol. The summed E-state index contributed by atoms with van der Waals surface area (Å²) in [6.07, 6.45) is 1.85. The van der Waals surface area contributed by atoms with Crippen LogP contribution in [0.1, 0.15) is 25.3 Å². The molecule has 0 aromatic heterocycles. The molecule has 0 saturated carbocycles. The first-order chi connectivity index (χ1) is 14.0. The topological polar surface area (TPSA) is 51.2 Å². The largest absolute Gasteiger partial charge is 0.497 e. The van der Waals surface area contributed by atoms with Crippen LogP contribution in [-0.2, 0) is 11.3 Å². The molecule has 1 aliphatic heterocycles. The molecule has 1 saturated heterocycles. The number of carbonyl (C=O) groups is 1. The molecule has 1 aliphatic rings. The molecule has 6 heteroatoms. The SMILES string of the molecule is COc1cccc(N(C(C)=O)C2CCN(Cc3ccc(OC)cc3OC)CC2)c1. The summed E-state index contributed by atoms with van der Waals surface area (Å²) in [5.41, 5.74) is 2.04. The standard InChI is InChI=1S/C23H30N2O4/c1-17(26)25(20-6-5-7-21(14-20)27-2)19-10-12-24(13-11-19)16-18-8-9-22(28-3)15-23(18)29-4/h5-9,14-15,19H,10-13,16H2,1-4H3. The van der Waals surface area contributed by atoms with Crippen molar-refractivity contribution in [3.63, 3.8) is 0 Å². The van der Waals surface area contributed by atoms with Crippen molar-refractivity contribution in [3.8, 4) is 17.2 Å². The fourth-order valence-electron chi connectivity index (χ4n) is 3.97. The van der Waals surface area contributed by atoms with Gasteiger partial charge in [0.2, 0.25) is 5.91 Å². The van der Waals surface area contributed by atoms with Crippen LogP contribution in [0.2, 0.25) is 0 Å². The zero-order chi connectivity index (χ0) is 20.8. The van der Waals surface area contributed by atoms with Crippen LogP contribution in [0.5, 0.6) is 17.2 Å². The second-order valence-corrected chi connectivity index (χ2v) is 7.28. The molecule has 1 fully saturated rings. The Kier molecular flexibility index (Phi) is 6.99. The molecule has 6 nitrogen and oxygen atoms in total. The maximum Gasteiger partial charge on any atom is 0.224 e. The van der Waals surface area contributed by atoms with Gasteiger partial charge in [-0.15, -0.1) is 0 Å². The maximum absolute atomic E-state index is 12.4. The number of carbonyl (C=O) groups excluding carboxylic acids is 1. The molecular formula is C23H30N2O4.